The minimum Gasteiger partial charge on any atom is -0.242 e. The van der Waals surface area contributed by atoms with E-state index in [2.05, 4.69) is 79.9 Å². The van der Waals surface area contributed by atoms with Gasteiger partial charge < -0.3 is 0 Å². The van der Waals surface area contributed by atoms with Crippen LogP contribution in [0.25, 0.3) is 32.5 Å². The predicted octanol–water partition coefficient (Wildman–Crippen LogP) is 6.25. The molecule has 0 aliphatic carbocycles. The van der Waals surface area contributed by atoms with Crippen molar-refractivity contribution in [3.8, 4) is 22.3 Å². The van der Waals surface area contributed by atoms with Crippen LogP contribution in [-0.4, -0.2) is 4.98 Å². The highest BCUT2D eigenvalue weighted by atomic mass is 32.1. The average Bonchev–Trinajstić information content (AvgIpc) is 2.99. The molecule has 2 aromatic carbocycles. The third kappa shape index (κ3) is 2.55. The first-order valence-electron chi connectivity index (χ1n) is 7.74. The van der Waals surface area contributed by atoms with Crippen LogP contribution in [0, 0.1) is 13.8 Å². The van der Waals surface area contributed by atoms with Crippen LogP contribution >= 0.6 is 11.3 Å². The van der Waals surface area contributed by atoms with Gasteiger partial charge in [0.1, 0.15) is 4.83 Å². The maximum atomic E-state index is 4.74. The Labute approximate surface area is 140 Å². The molecule has 0 atom stereocenters. The quantitative estimate of drug-likeness (QED) is 0.426. The highest BCUT2D eigenvalue weighted by Gasteiger charge is 2.14. The Balaban J connectivity index is 2.03. The fourth-order valence-electron chi connectivity index (χ4n) is 2.95. The Kier molecular flexibility index (Phi) is 3.47. The smallest absolute Gasteiger partial charge is 0.124 e. The molecule has 0 radical (unpaired) electrons. The van der Waals surface area contributed by atoms with Gasteiger partial charge in [-0.3, -0.25) is 0 Å². The Hall–Kier alpha value is -2.45. The van der Waals surface area contributed by atoms with E-state index in [1.165, 1.54) is 33.2 Å². The van der Waals surface area contributed by atoms with Crippen molar-refractivity contribution in [2.75, 3.05) is 0 Å². The number of hydrogen-bond donors (Lipinski definition) is 0. The second-order valence-electron chi connectivity index (χ2n) is 5.87. The largest absolute Gasteiger partial charge is 0.242 e. The van der Waals surface area contributed by atoms with Crippen molar-refractivity contribution in [3.05, 3.63) is 77.3 Å². The van der Waals surface area contributed by atoms with Crippen LogP contribution in [0.4, 0.5) is 0 Å². The summed E-state index contributed by atoms with van der Waals surface area (Å²) in [4.78, 5) is 5.85. The van der Waals surface area contributed by atoms with E-state index in [4.69, 9.17) is 4.98 Å². The molecule has 2 heteroatoms. The van der Waals surface area contributed by atoms with E-state index in [-0.39, 0.29) is 0 Å². The van der Waals surface area contributed by atoms with E-state index in [0.29, 0.717) is 0 Å². The molecule has 0 fully saturated rings. The van der Waals surface area contributed by atoms with Gasteiger partial charge >= 0.3 is 0 Å². The van der Waals surface area contributed by atoms with Gasteiger partial charge in [-0.2, -0.15) is 0 Å². The molecule has 0 aliphatic heterocycles. The lowest BCUT2D eigenvalue weighted by atomic mass is 9.97. The number of aromatic nitrogens is 1. The average molecular weight is 315 g/mol. The van der Waals surface area contributed by atoms with Crippen molar-refractivity contribution < 1.29 is 0 Å². The first-order chi connectivity index (χ1) is 11.2. The van der Waals surface area contributed by atoms with Gasteiger partial charge in [0, 0.05) is 22.0 Å². The summed E-state index contributed by atoms with van der Waals surface area (Å²) in [6.45, 7) is 4.19. The molecular formula is C21H17NS. The molecule has 2 aromatic heterocycles. The van der Waals surface area contributed by atoms with E-state index in [9.17, 15) is 0 Å². The Morgan fingerprint density at radius 3 is 2.22 bits per heavy atom. The zero-order valence-electron chi connectivity index (χ0n) is 13.2. The van der Waals surface area contributed by atoms with Gasteiger partial charge in [0.05, 0.1) is 0 Å². The summed E-state index contributed by atoms with van der Waals surface area (Å²) < 4.78 is 0. The second kappa shape index (κ2) is 5.64. The number of thiophene rings is 1. The number of nitrogens with zero attached hydrogens (tertiary/aromatic N) is 1. The summed E-state index contributed by atoms with van der Waals surface area (Å²) in [6, 6.07) is 21.5. The minimum atomic E-state index is 1.06. The zero-order chi connectivity index (χ0) is 15.8. The molecule has 23 heavy (non-hydrogen) atoms. The zero-order valence-corrected chi connectivity index (χ0v) is 14.0. The van der Waals surface area contributed by atoms with E-state index < -0.39 is 0 Å². The van der Waals surface area contributed by atoms with E-state index >= 15 is 0 Å². The van der Waals surface area contributed by atoms with Crippen molar-refractivity contribution >= 4 is 21.6 Å². The Morgan fingerprint density at radius 1 is 0.783 bits per heavy atom. The molecule has 4 aromatic rings. The summed E-state index contributed by atoms with van der Waals surface area (Å²) in [5, 5.41) is 3.49. The molecule has 0 bridgehead atoms. The van der Waals surface area contributed by atoms with E-state index in [1.807, 2.05) is 0 Å². The van der Waals surface area contributed by atoms with Gasteiger partial charge in [-0.1, -0.05) is 60.2 Å². The van der Waals surface area contributed by atoms with Crippen LogP contribution in [0.2, 0.25) is 0 Å². The molecule has 0 aliphatic rings. The van der Waals surface area contributed by atoms with Crippen molar-refractivity contribution in [1.82, 2.24) is 4.98 Å². The molecule has 2 heterocycles. The molecule has 0 amide bonds. The van der Waals surface area contributed by atoms with Gasteiger partial charge in [-0.05, 0) is 36.6 Å². The summed E-state index contributed by atoms with van der Waals surface area (Å²) in [6.07, 6.45) is 0. The molecule has 1 nitrogen and oxygen atoms in total. The second-order valence-corrected chi connectivity index (χ2v) is 6.73. The van der Waals surface area contributed by atoms with Crippen molar-refractivity contribution in [2.24, 2.45) is 0 Å². The maximum Gasteiger partial charge on any atom is 0.124 e. The summed E-state index contributed by atoms with van der Waals surface area (Å²) in [7, 11) is 0. The highest BCUT2D eigenvalue weighted by molar-refractivity contribution is 7.17. The highest BCUT2D eigenvalue weighted by Crippen LogP contribution is 2.39. The Bertz CT molecular complexity index is 966. The first kappa shape index (κ1) is 14.2. The molecule has 0 unspecified atom stereocenters. The van der Waals surface area contributed by atoms with Crippen molar-refractivity contribution in [3.63, 3.8) is 0 Å². The lowest BCUT2D eigenvalue weighted by molar-refractivity contribution is 1.27. The maximum absolute atomic E-state index is 4.74. The number of benzene rings is 2. The number of aryl methyl sites for hydroxylation is 2. The molecule has 0 saturated heterocycles. The van der Waals surface area contributed by atoms with Crippen molar-refractivity contribution in [1.29, 1.82) is 0 Å². The van der Waals surface area contributed by atoms with Crippen LogP contribution in [-0.2, 0) is 0 Å². The topological polar surface area (TPSA) is 12.9 Å². The number of rotatable bonds is 2. The van der Waals surface area contributed by atoms with Crippen LogP contribution in [0.1, 0.15) is 11.3 Å². The van der Waals surface area contributed by atoms with Crippen LogP contribution < -0.4 is 0 Å². The summed E-state index contributed by atoms with van der Waals surface area (Å²) >= 11 is 1.72. The Morgan fingerprint density at radius 2 is 1.48 bits per heavy atom. The lowest BCUT2D eigenvalue weighted by Gasteiger charge is -2.09. The number of hydrogen-bond acceptors (Lipinski definition) is 2. The monoisotopic (exact) mass is 315 g/mol. The molecule has 0 spiro atoms. The molecule has 0 saturated carbocycles. The lowest BCUT2D eigenvalue weighted by Crippen LogP contribution is -1.87. The molecular weight excluding hydrogens is 298 g/mol. The van der Waals surface area contributed by atoms with Crippen molar-refractivity contribution in [2.45, 2.75) is 13.8 Å². The third-order valence-corrected chi connectivity index (χ3v) is 4.99. The predicted molar refractivity (Wildman–Crippen MR) is 100.0 cm³/mol. The summed E-state index contributed by atoms with van der Waals surface area (Å²) in [5.41, 5.74) is 7.39. The van der Waals surface area contributed by atoms with Gasteiger partial charge in [-0.15, -0.1) is 11.3 Å². The fourth-order valence-corrected chi connectivity index (χ4v) is 3.97. The molecule has 0 N–H and O–H groups in total. The third-order valence-electron chi connectivity index (χ3n) is 4.12. The van der Waals surface area contributed by atoms with Gasteiger partial charge in [0.15, 0.2) is 0 Å². The molecule has 112 valence electrons. The SMILES string of the molecule is Cc1ccc(-c2cc(C)nc3scc(-c4ccccc4)c23)cc1. The molecule has 4 rings (SSSR count). The van der Waals surface area contributed by atoms with Gasteiger partial charge in [0.2, 0.25) is 0 Å². The van der Waals surface area contributed by atoms with Crippen LogP contribution in [0.5, 0.6) is 0 Å². The van der Waals surface area contributed by atoms with Gasteiger partial charge in [-0.25, -0.2) is 4.98 Å². The summed E-state index contributed by atoms with van der Waals surface area (Å²) in [5.74, 6) is 0. The standard InChI is InChI=1S/C21H17NS/c1-14-8-10-17(11-9-14)18-12-15(2)22-21-20(18)19(13-23-21)16-6-4-3-5-7-16/h3-13H,1-2H3. The number of fused-ring (bicyclic) bond motifs is 1. The van der Waals surface area contributed by atoms with E-state index in [1.54, 1.807) is 11.3 Å². The van der Waals surface area contributed by atoms with Crippen LogP contribution in [0.3, 0.4) is 0 Å². The number of pyridine rings is 1. The normalized spacial score (nSPS) is 11.0. The first-order valence-corrected chi connectivity index (χ1v) is 8.61. The fraction of sp³-hybridized carbons (Fsp3) is 0.0952. The van der Waals surface area contributed by atoms with E-state index in [0.717, 1.165) is 10.5 Å². The van der Waals surface area contributed by atoms with Gasteiger partial charge in [0.25, 0.3) is 0 Å². The minimum absolute atomic E-state index is 1.06. The van der Waals surface area contributed by atoms with Crippen LogP contribution in [0.15, 0.2) is 66.0 Å².